The molecule has 1 fully saturated rings. The van der Waals surface area contributed by atoms with Crippen LogP contribution < -0.4 is 5.73 Å². The highest BCUT2D eigenvalue weighted by Crippen LogP contribution is 2.20. The summed E-state index contributed by atoms with van der Waals surface area (Å²) in [4.78, 5) is 2.50. The fraction of sp³-hybridized carbons (Fsp3) is 1.00. The summed E-state index contributed by atoms with van der Waals surface area (Å²) < 4.78 is 0. The van der Waals surface area contributed by atoms with Crippen LogP contribution in [0.25, 0.3) is 0 Å². The van der Waals surface area contributed by atoms with Crippen molar-refractivity contribution in [2.24, 2.45) is 11.7 Å². The maximum Gasteiger partial charge on any atom is 0.00952 e. The van der Waals surface area contributed by atoms with E-state index in [0.29, 0.717) is 5.92 Å². The molecule has 1 aliphatic rings. The Hall–Kier alpha value is -0.0800. The van der Waals surface area contributed by atoms with Gasteiger partial charge in [-0.25, -0.2) is 0 Å². The maximum absolute atomic E-state index is 5.62. The molecule has 1 heterocycles. The summed E-state index contributed by atoms with van der Waals surface area (Å²) in [6.07, 6.45) is 5.45. The normalized spacial score (nSPS) is 28.8. The summed E-state index contributed by atoms with van der Waals surface area (Å²) in [5.74, 6) is 0.690. The van der Waals surface area contributed by atoms with Crippen LogP contribution in [-0.2, 0) is 0 Å². The molecular weight excluding hydrogens is 148 g/mol. The molecule has 0 bridgehead atoms. The van der Waals surface area contributed by atoms with Crippen molar-refractivity contribution in [2.75, 3.05) is 20.1 Å². The zero-order valence-corrected chi connectivity index (χ0v) is 8.42. The predicted octanol–water partition coefficient (Wildman–Crippen LogP) is 1.46. The number of hydrogen-bond acceptors (Lipinski definition) is 2. The van der Waals surface area contributed by atoms with E-state index in [0.717, 1.165) is 12.6 Å². The van der Waals surface area contributed by atoms with Crippen molar-refractivity contribution in [2.45, 2.75) is 38.6 Å². The molecule has 12 heavy (non-hydrogen) atoms. The van der Waals surface area contributed by atoms with E-state index in [9.17, 15) is 0 Å². The summed E-state index contributed by atoms with van der Waals surface area (Å²) in [5, 5.41) is 0. The first kappa shape index (κ1) is 10.0. The molecule has 72 valence electrons. The van der Waals surface area contributed by atoms with Gasteiger partial charge in [-0.05, 0) is 45.3 Å². The average Bonchev–Trinajstić information content (AvgIpc) is 2.09. The summed E-state index contributed by atoms with van der Waals surface area (Å²) >= 11 is 0. The van der Waals surface area contributed by atoms with Crippen LogP contribution in [0.5, 0.6) is 0 Å². The lowest BCUT2D eigenvalue weighted by molar-refractivity contribution is 0.161. The van der Waals surface area contributed by atoms with Gasteiger partial charge in [-0.3, -0.25) is 0 Å². The Balaban J connectivity index is 2.28. The number of rotatable bonds is 3. The Morgan fingerprint density at radius 2 is 2.25 bits per heavy atom. The molecule has 0 aromatic rings. The van der Waals surface area contributed by atoms with Gasteiger partial charge in [0.25, 0.3) is 0 Å². The second-order valence-electron chi connectivity index (χ2n) is 4.21. The van der Waals surface area contributed by atoms with Crippen LogP contribution in [0.4, 0.5) is 0 Å². The standard InChI is InChI=1S/C10H22N2/c1-9(8-11)7-10-5-3-4-6-12(10)2/h9-10H,3-8,11H2,1-2H3. The average molecular weight is 170 g/mol. The number of piperidine rings is 1. The van der Waals surface area contributed by atoms with E-state index in [2.05, 4.69) is 18.9 Å². The van der Waals surface area contributed by atoms with Gasteiger partial charge in [0, 0.05) is 6.04 Å². The highest BCUT2D eigenvalue weighted by atomic mass is 15.1. The maximum atomic E-state index is 5.62. The predicted molar refractivity (Wildman–Crippen MR) is 53.1 cm³/mol. The van der Waals surface area contributed by atoms with Gasteiger partial charge in [0.1, 0.15) is 0 Å². The van der Waals surface area contributed by atoms with E-state index in [1.807, 2.05) is 0 Å². The number of nitrogens with zero attached hydrogens (tertiary/aromatic N) is 1. The number of likely N-dealkylation sites (tertiary alicyclic amines) is 1. The van der Waals surface area contributed by atoms with E-state index in [-0.39, 0.29) is 0 Å². The highest BCUT2D eigenvalue weighted by molar-refractivity contribution is 4.76. The Morgan fingerprint density at radius 3 is 2.83 bits per heavy atom. The molecule has 0 saturated carbocycles. The van der Waals surface area contributed by atoms with Gasteiger partial charge in [0.2, 0.25) is 0 Å². The molecular formula is C10H22N2. The Kier molecular flexibility index (Phi) is 4.02. The Labute approximate surface area is 76.1 Å². The van der Waals surface area contributed by atoms with Crippen LogP contribution in [0.1, 0.15) is 32.6 Å². The number of nitrogens with two attached hydrogens (primary N) is 1. The van der Waals surface area contributed by atoms with Crippen LogP contribution in [0.2, 0.25) is 0 Å². The number of hydrogen-bond donors (Lipinski definition) is 1. The van der Waals surface area contributed by atoms with Crippen molar-refractivity contribution in [3.05, 3.63) is 0 Å². The van der Waals surface area contributed by atoms with Crippen molar-refractivity contribution < 1.29 is 0 Å². The Bertz CT molecular complexity index is 125. The quantitative estimate of drug-likeness (QED) is 0.694. The van der Waals surface area contributed by atoms with Gasteiger partial charge in [-0.1, -0.05) is 13.3 Å². The largest absolute Gasteiger partial charge is 0.330 e. The van der Waals surface area contributed by atoms with E-state index < -0.39 is 0 Å². The van der Waals surface area contributed by atoms with Crippen molar-refractivity contribution in [3.8, 4) is 0 Å². The summed E-state index contributed by atoms with van der Waals surface area (Å²) in [5.41, 5.74) is 5.62. The van der Waals surface area contributed by atoms with Crippen LogP contribution in [0.15, 0.2) is 0 Å². The summed E-state index contributed by atoms with van der Waals surface area (Å²) in [6, 6.07) is 0.803. The summed E-state index contributed by atoms with van der Waals surface area (Å²) in [6.45, 7) is 4.37. The smallest absolute Gasteiger partial charge is 0.00952 e. The first-order valence-corrected chi connectivity index (χ1v) is 5.14. The molecule has 2 N–H and O–H groups in total. The SMILES string of the molecule is CC(CN)CC1CCCCN1C. The fourth-order valence-electron chi connectivity index (χ4n) is 2.00. The lowest BCUT2D eigenvalue weighted by atomic mass is 9.94. The molecule has 0 spiro atoms. The van der Waals surface area contributed by atoms with Crippen LogP contribution in [-0.4, -0.2) is 31.1 Å². The van der Waals surface area contributed by atoms with Crippen LogP contribution in [0.3, 0.4) is 0 Å². The zero-order chi connectivity index (χ0) is 8.97. The molecule has 2 unspecified atom stereocenters. The van der Waals surface area contributed by atoms with Crippen LogP contribution in [0, 0.1) is 5.92 Å². The second kappa shape index (κ2) is 4.83. The minimum atomic E-state index is 0.690. The van der Waals surface area contributed by atoms with Gasteiger partial charge < -0.3 is 10.6 Å². The first-order chi connectivity index (χ1) is 5.74. The third-order valence-electron chi connectivity index (χ3n) is 3.00. The molecule has 0 aromatic heterocycles. The van der Waals surface area contributed by atoms with E-state index in [1.54, 1.807) is 0 Å². The van der Waals surface area contributed by atoms with E-state index in [4.69, 9.17) is 5.73 Å². The molecule has 1 saturated heterocycles. The van der Waals surface area contributed by atoms with Crippen molar-refractivity contribution in [3.63, 3.8) is 0 Å². The van der Waals surface area contributed by atoms with Gasteiger partial charge in [-0.15, -0.1) is 0 Å². The molecule has 0 aliphatic carbocycles. The second-order valence-corrected chi connectivity index (χ2v) is 4.21. The summed E-state index contributed by atoms with van der Waals surface area (Å²) in [7, 11) is 2.24. The van der Waals surface area contributed by atoms with Gasteiger partial charge in [-0.2, -0.15) is 0 Å². The molecule has 1 aliphatic heterocycles. The minimum Gasteiger partial charge on any atom is -0.330 e. The Morgan fingerprint density at radius 1 is 1.50 bits per heavy atom. The van der Waals surface area contributed by atoms with E-state index in [1.165, 1.54) is 32.2 Å². The highest BCUT2D eigenvalue weighted by Gasteiger charge is 2.19. The fourth-order valence-corrected chi connectivity index (χ4v) is 2.00. The molecule has 2 atom stereocenters. The molecule has 1 rings (SSSR count). The minimum absolute atomic E-state index is 0.690. The van der Waals surface area contributed by atoms with Gasteiger partial charge in [0.05, 0.1) is 0 Å². The molecule has 0 radical (unpaired) electrons. The molecule has 0 amide bonds. The van der Waals surface area contributed by atoms with Crippen LogP contribution >= 0.6 is 0 Å². The lowest BCUT2D eigenvalue weighted by Gasteiger charge is -2.33. The zero-order valence-electron chi connectivity index (χ0n) is 8.42. The van der Waals surface area contributed by atoms with Crippen molar-refractivity contribution >= 4 is 0 Å². The first-order valence-electron chi connectivity index (χ1n) is 5.14. The molecule has 2 nitrogen and oxygen atoms in total. The third-order valence-corrected chi connectivity index (χ3v) is 3.00. The molecule has 2 heteroatoms. The van der Waals surface area contributed by atoms with E-state index >= 15 is 0 Å². The monoisotopic (exact) mass is 170 g/mol. The molecule has 0 aromatic carbocycles. The van der Waals surface area contributed by atoms with Gasteiger partial charge >= 0.3 is 0 Å². The van der Waals surface area contributed by atoms with Gasteiger partial charge in [0.15, 0.2) is 0 Å². The topological polar surface area (TPSA) is 29.3 Å². The lowest BCUT2D eigenvalue weighted by Crippen LogP contribution is -2.38. The third kappa shape index (κ3) is 2.76. The van der Waals surface area contributed by atoms with Crippen molar-refractivity contribution in [1.82, 2.24) is 4.90 Å². The van der Waals surface area contributed by atoms with Crippen molar-refractivity contribution in [1.29, 1.82) is 0 Å².